The number of hydrogen-bond donors (Lipinski definition) is 0. The minimum atomic E-state index is -0.0380. The van der Waals surface area contributed by atoms with Gasteiger partial charge in [-0.05, 0) is 31.9 Å². The van der Waals surface area contributed by atoms with Crippen molar-refractivity contribution in [2.24, 2.45) is 5.41 Å². The highest BCUT2D eigenvalue weighted by Crippen LogP contribution is 2.31. The molecule has 0 aliphatic rings. The van der Waals surface area contributed by atoms with Crippen molar-refractivity contribution < 1.29 is 9.47 Å². The van der Waals surface area contributed by atoms with E-state index in [-0.39, 0.29) is 5.41 Å². The minimum Gasteiger partial charge on any atom is -0.490 e. The number of para-hydroxylation sites is 2. The summed E-state index contributed by atoms with van der Waals surface area (Å²) in [6.07, 6.45) is 1.80. The van der Waals surface area contributed by atoms with E-state index in [0.717, 1.165) is 24.3 Å². The topological polar surface area (TPSA) is 18.5 Å². The predicted octanol–water partition coefficient (Wildman–Crippen LogP) is 4.73. The standard InChI is InChI=1S/C15H22Cl2O2/c1-3-15(11-16,12-17)9-10-19-14-8-6-5-7-13(14)18-4-2/h5-8H,3-4,9-12H2,1-2H3. The van der Waals surface area contributed by atoms with E-state index in [0.29, 0.717) is 25.0 Å². The van der Waals surface area contributed by atoms with Crippen LogP contribution >= 0.6 is 23.2 Å². The molecule has 0 heterocycles. The lowest BCUT2D eigenvalue weighted by Gasteiger charge is -2.28. The van der Waals surface area contributed by atoms with Crippen LogP contribution < -0.4 is 9.47 Å². The van der Waals surface area contributed by atoms with Gasteiger partial charge in [0.2, 0.25) is 0 Å². The van der Waals surface area contributed by atoms with Crippen molar-refractivity contribution in [2.75, 3.05) is 25.0 Å². The number of halogens is 2. The molecular formula is C15H22Cl2O2. The lowest BCUT2D eigenvalue weighted by molar-refractivity contribution is 0.218. The van der Waals surface area contributed by atoms with E-state index in [1.165, 1.54) is 0 Å². The monoisotopic (exact) mass is 304 g/mol. The first-order valence-corrected chi connectivity index (χ1v) is 7.74. The Labute approximate surface area is 126 Å². The fraction of sp³-hybridized carbons (Fsp3) is 0.600. The van der Waals surface area contributed by atoms with Crippen LogP contribution in [0, 0.1) is 5.41 Å². The Bertz CT molecular complexity index is 357. The van der Waals surface area contributed by atoms with Gasteiger partial charge in [0.1, 0.15) is 0 Å². The normalized spacial score (nSPS) is 11.4. The molecular weight excluding hydrogens is 283 g/mol. The molecule has 1 aromatic rings. The molecule has 0 aliphatic carbocycles. The van der Waals surface area contributed by atoms with Crippen LogP contribution in [0.5, 0.6) is 11.5 Å². The van der Waals surface area contributed by atoms with Crippen LogP contribution in [0.1, 0.15) is 26.7 Å². The molecule has 2 nitrogen and oxygen atoms in total. The Morgan fingerprint density at radius 1 is 1.00 bits per heavy atom. The summed E-state index contributed by atoms with van der Waals surface area (Å²) in [7, 11) is 0. The van der Waals surface area contributed by atoms with Crippen LogP contribution in [0.25, 0.3) is 0 Å². The van der Waals surface area contributed by atoms with Gasteiger partial charge in [-0.1, -0.05) is 19.1 Å². The van der Waals surface area contributed by atoms with Gasteiger partial charge in [-0.15, -0.1) is 23.2 Å². The molecule has 0 spiro atoms. The van der Waals surface area contributed by atoms with Gasteiger partial charge < -0.3 is 9.47 Å². The number of ether oxygens (including phenoxy) is 2. The molecule has 0 amide bonds. The molecule has 0 N–H and O–H groups in total. The zero-order valence-electron chi connectivity index (χ0n) is 11.6. The SMILES string of the molecule is CCOc1ccccc1OCCC(CC)(CCl)CCl. The molecule has 0 saturated carbocycles. The molecule has 0 aliphatic heterocycles. The second-order valence-corrected chi connectivity index (χ2v) is 5.13. The van der Waals surface area contributed by atoms with Crippen LogP contribution in [0.4, 0.5) is 0 Å². The van der Waals surface area contributed by atoms with Gasteiger partial charge >= 0.3 is 0 Å². The smallest absolute Gasteiger partial charge is 0.161 e. The van der Waals surface area contributed by atoms with Crippen LogP contribution in [-0.4, -0.2) is 25.0 Å². The van der Waals surface area contributed by atoms with Gasteiger partial charge in [0.25, 0.3) is 0 Å². The third-order valence-corrected chi connectivity index (χ3v) is 4.49. The van der Waals surface area contributed by atoms with Crippen LogP contribution in [0.15, 0.2) is 24.3 Å². The molecule has 19 heavy (non-hydrogen) atoms. The Morgan fingerprint density at radius 3 is 2.05 bits per heavy atom. The fourth-order valence-corrected chi connectivity index (χ4v) is 2.69. The second-order valence-electron chi connectivity index (χ2n) is 4.60. The maximum Gasteiger partial charge on any atom is 0.161 e. The average Bonchev–Trinajstić information content (AvgIpc) is 2.46. The Hall–Kier alpha value is -0.600. The number of hydrogen-bond acceptors (Lipinski definition) is 2. The Balaban J connectivity index is 2.57. The van der Waals surface area contributed by atoms with E-state index in [1.807, 2.05) is 31.2 Å². The summed E-state index contributed by atoms with van der Waals surface area (Å²) in [6, 6.07) is 7.70. The average molecular weight is 305 g/mol. The van der Waals surface area contributed by atoms with Crippen molar-refractivity contribution >= 4 is 23.2 Å². The molecule has 0 aromatic heterocycles. The first-order chi connectivity index (χ1) is 9.21. The fourth-order valence-electron chi connectivity index (χ4n) is 1.76. The van der Waals surface area contributed by atoms with E-state index >= 15 is 0 Å². The highest BCUT2D eigenvalue weighted by atomic mass is 35.5. The first kappa shape index (κ1) is 16.5. The molecule has 1 rings (SSSR count). The number of rotatable bonds is 9. The summed E-state index contributed by atoms with van der Waals surface area (Å²) in [5.41, 5.74) is -0.0380. The van der Waals surface area contributed by atoms with Gasteiger partial charge in [-0.2, -0.15) is 0 Å². The van der Waals surface area contributed by atoms with E-state index in [9.17, 15) is 0 Å². The van der Waals surface area contributed by atoms with Gasteiger partial charge in [-0.25, -0.2) is 0 Å². The third-order valence-electron chi connectivity index (χ3n) is 3.36. The van der Waals surface area contributed by atoms with Crippen molar-refractivity contribution in [1.29, 1.82) is 0 Å². The van der Waals surface area contributed by atoms with E-state index in [4.69, 9.17) is 32.7 Å². The largest absolute Gasteiger partial charge is 0.490 e. The van der Waals surface area contributed by atoms with Gasteiger partial charge in [0.15, 0.2) is 11.5 Å². The molecule has 0 bridgehead atoms. The highest BCUT2D eigenvalue weighted by molar-refractivity contribution is 6.21. The predicted molar refractivity (Wildman–Crippen MR) is 81.9 cm³/mol. The molecule has 0 fully saturated rings. The molecule has 4 heteroatoms. The van der Waals surface area contributed by atoms with Crippen molar-refractivity contribution in [1.82, 2.24) is 0 Å². The zero-order valence-corrected chi connectivity index (χ0v) is 13.1. The molecule has 0 radical (unpaired) electrons. The van der Waals surface area contributed by atoms with Crippen molar-refractivity contribution in [3.63, 3.8) is 0 Å². The van der Waals surface area contributed by atoms with Crippen molar-refractivity contribution in [2.45, 2.75) is 26.7 Å². The van der Waals surface area contributed by atoms with E-state index < -0.39 is 0 Å². The van der Waals surface area contributed by atoms with Crippen LogP contribution in [0.2, 0.25) is 0 Å². The summed E-state index contributed by atoms with van der Waals surface area (Å²) >= 11 is 12.0. The molecule has 0 saturated heterocycles. The quantitative estimate of drug-likeness (QED) is 0.614. The van der Waals surface area contributed by atoms with E-state index in [1.54, 1.807) is 0 Å². The van der Waals surface area contributed by atoms with Crippen molar-refractivity contribution in [3.8, 4) is 11.5 Å². The second kappa shape index (κ2) is 8.55. The minimum absolute atomic E-state index is 0.0380. The number of alkyl halides is 2. The summed E-state index contributed by atoms with van der Waals surface area (Å²) in [6.45, 7) is 5.29. The first-order valence-electron chi connectivity index (χ1n) is 6.68. The van der Waals surface area contributed by atoms with Crippen molar-refractivity contribution in [3.05, 3.63) is 24.3 Å². The molecule has 0 unspecified atom stereocenters. The summed E-state index contributed by atoms with van der Waals surface area (Å²) in [5.74, 6) is 2.68. The van der Waals surface area contributed by atoms with Gasteiger partial charge in [-0.3, -0.25) is 0 Å². The Morgan fingerprint density at radius 2 is 1.58 bits per heavy atom. The number of benzene rings is 1. The highest BCUT2D eigenvalue weighted by Gasteiger charge is 2.26. The zero-order chi connectivity index (χ0) is 14.1. The lowest BCUT2D eigenvalue weighted by atomic mass is 9.86. The lowest BCUT2D eigenvalue weighted by Crippen LogP contribution is -2.26. The van der Waals surface area contributed by atoms with E-state index in [2.05, 4.69) is 6.92 Å². The molecule has 0 atom stereocenters. The summed E-state index contributed by atoms with van der Waals surface area (Å²) in [5, 5.41) is 0. The van der Waals surface area contributed by atoms with Gasteiger partial charge in [0.05, 0.1) is 13.2 Å². The maximum absolute atomic E-state index is 6.02. The van der Waals surface area contributed by atoms with Crippen LogP contribution in [0.3, 0.4) is 0 Å². The summed E-state index contributed by atoms with van der Waals surface area (Å²) < 4.78 is 11.3. The van der Waals surface area contributed by atoms with Crippen LogP contribution in [-0.2, 0) is 0 Å². The maximum atomic E-state index is 6.02. The summed E-state index contributed by atoms with van der Waals surface area (Å²) in [4.78, 5) is 0. The Kier molecular flexibility index (Phi) is 7.40. The molecule has 108 valence electrons. The molecule has 1 aromatic carbocycles. The third kappa shape index (κ3) is 4.77. The van der Waals surface area contributed by atoms with Gasteiger partial charge in [0, 0.05) is 17.2 Å².